The van der Waals surface area contributed by atoms with Crippen LogP contribution in [0.5, 0.6) is 0 Å². The molecule has 0 N–H and O–H groups in total. The highest BCUT2D eigenvalue weighted by Gasteiger charge is 2.07. The van der Waals surface area contributed by atoms with Crippen LogP contribution in [0.15, 0.2) is 36.5 Å². The van der Waals surface area contributed by atoms with Gasteiger partial charge in [-0.3, -0.25) is 4.98 Å². The SMILES string of the molecule is CCC(CC)c1cnc2ccccc2c1. The Labute approximate surface area is 91.2 Å². The van der Waals surface area contributed by atoms with E-state index in [1.165, 1.54) is 23.8 Å². The van der Waals surface area contributed by atoms with Crippen LogP contribution in [0.4, 0.5) is 0 Å². The van der Waals surface area contributed by atoms with Crippen LogP contribution in [0.25, 0.3) is 10.9 Å². The van der Waals surface area contributed by atoms with E-state index in [4.69, 9.17) is 0 Å². The Morgan fingerprint density at radius 3 is 2.60 bits per heavy atom. The molecule has 0 amide bonds. The van der Waals surface area contributed by atoms with Crippen molar-refractivity contribution in [3.8, 4) is 0 Å². The number of hydrogen-bond donors (Lipinski definition) is 0. The molecule has 0 bridgehead atoms. The molecule has 1 heterocycles. The molecule has 15 heavy (non-hydrogen) atoms. The molecule has 0 saturated heterocycles. The minimum atomic E-state index is 0.655. The van der Waals surface area contributed by atoms with E-state index in [-0.39, 0.29) is 0 Å². The summed E-state index contributed by atoms with van der Waals surface area (Å²) in [5, 5.41) is 1.25. The standard InChI is InChI=1S/C14H17N/c1-3-11(4-2)13-9-12-7-5-6-8-14(12)15-10-13/h5-11H,3-4H2,1-2H3. The molecule has 1 aromatic carbocycles. The summed E-state index contributed by atoms with van der Waals surface area (Å²) < 4.78 is 0. The molecule has 0 aliphatic heterocycles. The molecule has 1 nitrogen and oxygen atoms in total. The Kier molecular flexibility index (Phi) is 3.00. The Morgan fingerprint density at radius 1 is 1.13 bits per heavy atom. The minimum Gasteiger partial charge on any atom is -0.256 e. The van der Waals surface area contributed by atoms with Gasteiger partial charge in [0.05, 0.1) is 5.52 Å². The molecule has 0 unspecified atom stereocenters. The Hall–Kier alpha value is -1.37. The van der Waals surface area contributed by atoms with E-state index in [1.807, 2.05) is 12.3 Å². The lowest BCUT2D eigenvalue weighted by molar-refractivity contribution is 0.640. The lowest BCUT2D eigenvalue weighted by atomic mass is 9.94. The molecule has 0 spiro atoms. The Balaban J connectivity index is 2.46. The second-order valence-corrected chi connectivity index (χ2v) is 3.97. The third kappa shape index (κ3) is 2.01. The van der Waals surface area contributed by atoms with Gasteiger partial charge in [0.15, 0.2) is 0 Å². The summed E-state index contributed by atoms with van der Waals surface area (Å²) in [6, 6.07) is 10.6. The molecule has 2 rings (SSSR count). The van der Waals surface area contributed by atoms with Crippen molar-refractivity contribution in [1.82, 2.24) is 4.98 Å². The van der Waals surface area contributed by atoms with Crippen LogP contribution in [0.3, 0.4) is 0 Å². The van der Waals surface area contributed by atoms with Gasteiger partial charge in [0.1, 0.15) is 0 Å². The smallest absolute Gasteiger partial charge is 0.0702 e. The Bertz CT molecular complexity index is 444. The number of benzene rings is 1. The maximum absolute atomic E-state index is 4.50. The van der Waals surface area contributed by atoms with Crippen LogP contribution in [-0.2, 0) is 0 Å². The zero-order valence-corrected chi connectivity index (χ0v) is 9.40. The average molecular weight is 199 g/mol. The van der Waals surface area contributed by atoms with Gasteiger partial charge in [-0.2, -0.15) is 0 Å². The number of nitrogens with zero attached hydrogens (tertiary/aromatic N) is 1. The van der Waals surface area contributed by atoms with Gasteiger partial charge in [0.2, 0.25) is 0 Å². The first kappa shape index (κ1) is 10.2. The van der Waals surface area contributed by atoms with Crippen LogP contribution in [-0.4, -0.2) is 4.98 Å². The molecular formula is C14H17N. The van der Waals surface area contributed by atoms with Gasteiger partial charge >= 0.3 is 0 Å². The monoisotopic (exact) mass is 199 g/mol. The molecule has 0 aliphatic carbocycles. The first-order chi connectivity index (χ1) is 7.35. The molecule has 1 heteroatoms. The maximum Gasteiger partial charge on any atom is 0.0702 e. The van der Waals surface area contributed by atoms with E-state index in [2.05, 4.69) is 43.1 Å². The van der Waals surface area contributed by atoms with Crippen molar-refractivity contribution >= 4 is 10.9 Å². The molecule has 2 aromatic rings. The second-order valence-electron chi connectivity index (χ2n) is 3.97. The molecule has 0 fully saturated rings. The predicted molar refractivity (Wildman–Crippen MR) is 65.1 cm³/mol. The molecule has 0 saturated carbocycles. The van der Waals surface area contributed by atoms with Crippen LogP contribution in [0, 0.1) is 0 Å². The van der Waals surface area contributed by atoms with Gasteiger partial charge in [-0.15, -0.1) is 0 Å². The van der Waals surface area contributed by atoms with Crippen molar-refractivity contribution in [3.05, 3.63) is 42.1 Å². The third-order valence-corrected chi connectivity index (χ3v) is 3.07. The largest absolute Gasteiger partial charge is 0.256 e. The van der Waals surface area contributed by atoms with E-state index in [0.717, 1.165) is 5.52 Å². The van der Waals surface area contributed by atoms with Gasteiger partial charge < -0.3 is 0 Å². The maximum atomic E-state index is 4.50. The number of hydrogen-bond acceptors (Lipinski definition) is 1. The van der Waals surface area contributed by atoms with Crippen molar-refractivity contribution in [3.63, 3.8) is 0 Å². The molecule has 0 aliphatic rings. The van der Waals surface area contributed by atoms with E-state index in [0.29, 0.717) is 5.92 Å². The van der Waals surface area contributed by atoms with Gasteiger partial charge in [-0.1, -0.05) is 32.0 Å². The van der Waals surface area contributed by atoms with E-state index in [1.54, 1.807) is 0 Å². The predicted octanol–water partition coefficient (Wildman–Crippen LogP) is 4.14. The number of pyridine rings is 1. The summed E-state index contributed by atoms with van der Waals surface area (Å²) in [7, 11) is 0. The molecule has 0 atom stereocenters. The van der Waals surface area contributed by atoms with Gasteiger partial charge in [-0.05, 0) is 36.5 Å². The molecule has 1 aromatic heterocycles. The first-order valence-corrected chi connectivity index (χ1v) is 5.69. The summed E-state index contributed by atoms with van der Waals surface area (Å²) in [6.45, 7) is 4.48. The fourth-order valence-electron chi connectivity index (χ4n) is 2.07. The zero-order chi connectivity index (χ0) is 10.7. The summed E-state index contributed by atoms with van der Waals surface area (Å²) in [6.07, 6.45) is 4.41. The van der Waals surface area contributed by atoms with Gasteiger partial charge in [0, 0.05) is 11.6 Å². The fourth-order valence-corrected chi connectivity index (χ4v) is 2.07. The third-order valence-electron chi connectivity index (χ3n) is 3.07. The molecule has 0 radical (unpaired) electrons. The number of aromatic nitrogens is 1. The normalized spacial score (nSPS) is 11.1. The van der Waals surface area contributed by atoms with Gasteiger partial charge in [-0.25, -0.2) is 0 Å². The lowest BCUT2D eigenvalue weighted by Crippen LogP contribution is -1.96. The van der Waals surface area contributed by atoms with Crippen LogP contribution in [0.2, 0.25) is 0 Å². The number of fused-ring (bicyclic) bond motifs is 1. The average Bonchev–Trinajstić information content (AvgIpc) is 2.30. The zero-order valence-electron chi connectivity index (χ0n) is 9.40. The number of rotatable bonds is 3. The van der Waals surface area contributed by atoms with Crippen molar-refractivity contribution < 1.29 is 0 Å². The van der Waals surface area contributed by atoms with Crippen molar-refractivity contribution in [2.24, 2.45) is 0 Å². The quantitative estimate of drug-likeness (QED) is 0.724. The van der Waals surface area contributed by atoms with Gasteiger partial charge in [0.25, 0.3) is 0 Å². The van der Waals surface area contributed by atoms with Crippen molar-refractivity contribution in [2.75, 3.05) is 0 Å². The fraction of sp³-hybridized carbons (Fsp3) is 0.357. The van der Waals surface area contributed by atoms with Crippen LogP contribution < -0.4 is 0 Å². The summed E-state index contributed by atoms with van der Waals surface area (Å²) in [5.74, 6) is 0.655. The van der Waals surface area contributed by atoms with E-state index >= 15 is 0 Å². The van der Waals surface area contributed by atoms with Crippen LogP contribution >= 0.6 is 0 Å². The topological polar surface area (TPSA) is 12.9 Å². The van der Waals surface area contributed by atoms with Crippen molar-refractivity contribution in [2.45, 2.75) is 32.6 Å². The highest BCUT2D eigenvalue weighted by molar-refractivity contribution is 5.78. The summed E-state index contributed by atoms with van der Waals surface area (Å²) in [5.41, 5.74) is 2.46. The molecular weight excluding hydrogens is 182 g/mol. The van der Waals surface area contributed by atoms with E-state index < -0.39 is 0 Å². The van der Waals surface area contributed by atoms with Crippen LogP contribution in [0.1, 0.15) is 38.2 Å². The lowest BCUT2D eigenvalue weighted by Gasteiger charge is -2.12. The second kappa shape index (κ2) is 4.43. The minimum absolute atomic E-state index is 0.655. The highest BCUT2D eigenvalue weighted by atomic mass is 14.6. The summed E-state index contributed by atoms with van der Waals surface area (Å²) in [4.78, 5) is 4.50. The summed E-state index contributed by atoms with van der Waals surface area (Å²) >= 11 is 0. The number of para-hydroxylation sites is 1. The highest BCUT2D eigenvalue weighted by Crippen LogP contribution is 2.24. The molecule has 78 valence electrons. The van der Waals surface area contributed by atoms with E-state index in [9.17, 15) is 0 Å². The van der Waals surface area contributed by atoms with Crippen molar-refractivity contribution in [1.29, 1.82) is 0 Å². The first-order valence-electron chi connectivity index (χ1n) is 5.69. The Morgan fingerprint density at radius 2 is 1.87 bits per heavy atom.